The molecular formula is C50H83N5O22S. The molecule has 5 amide bonds. The third-order valence-corrected chi connectivity index (χ3v) is 12.3. The topological polar surface area (TPSA) is 332 Å². The van der Waals surface area contributed by atoms with E-state index in [0.717, 1.165) is 25.0 Å². The Labute approximate surface area is 459 Å². The van der Waals surface area contributed by atoms with Gasteiger partial charge in [0.15, 0.2) is 13.2 Å². The van der Waals surface area contributed by atoms with Gasteiger partial charge in [0.2, 0.25) is 11.8 Å². The second kappa shape index (κ2) is 46.1. The minimum Gasteiger partial charge on any atom is -0.482 e. The molecule has 0 aromatic heterocycles. The highest BCUT2D eigenvalue weighted by atomic mass is 32.2. The van der Waals surface area contributed by atoms with Crippen LogP contribution in [0.25, 0.3) is 0 Å². The fourth-order valence-corrected chi connectivity index (χ4v) is 8.58. The van der Waals surface area contributed by atoms with Crippen LogP contribution in [0.2, 0.25) is 0 Å². The van der Waals surface area contributed by atoms with Crippen molar-refractivity contribution in [3.05, 3.63) is 23.8 Å². The minimum atomic E-state index is -1.24. The van der Waals surface area contributed by atoms with Crippen LogP contribution < -0.4 is 36.1 Å². The van der Waals surface area contributed by atoms with Crippen LogP contribution in [0.3, 0.4) is 0 Å². The lowest BCUT2D eigenvalue weighted by molar-refractivity contribution is -0.140. The van der Waals surface area contributed by atoms with E-state index in [4.69, 9.17) is 76.5 Å². The fourth-order valence-electron chi connectivity index (χ4n) is 7.04. The number of rotatable bonds is 54. The van der Waals surface area contributed by atoms with E-state index in [0.29, 0.717) is 170 Å². The van der Waals surface area contributed by atoms with Crippen molar-refractivity contribution in [3.8, 4) is 11.5 Å². The lowest BCUT2D eigenvalue weighted by Gasteiger charge is -2.16. The van der Waals surface area contributed by atoms with E-state index >= 15 is 0 Å². The average molecular weight is 1140 g/mol. The molecule has 2 aliphatic heterocycles. The molecule has 0 radical (unpaired) electrons. The Morgan fingerprint density at radius 1 is 0.474 bits per heavy atom. The number of unbranched alkanes of at least 4 members (excludes halogenated alkanes) is 1. The van der Waals surface area contributed by atoms with Gasteiger partial charge in [-0.2, -0.15) is 11.8 Å². The van der Waals surface area contributed by atoms with Crippen LogP contribution in [0.15, 0.2) is 18.2 Å². The van der Waals surface area contributed by atoms with E-state index in [1.165, 1.54) is 18.2 Å². The predicted octanol–water partition coefficient (Wildman–Crippen LogP) is -0.109. The van der Waals surface area contributed by atoms with Gasteiger partial charge in [-0.25, -0.2) is 14.4 Å². The van der Waals surface area contributed by atoms with Gasteiger partial charge in [0.1, 0.15) is 11.5 Å². The molecule has 3 atom stereocenters. The van der Waals surface area contributed by atoms with E-state index in [2.05, 4.69) is 26.6 Å². The largest absolute Gasteiger partial charge is 0.482 e. The van der Waals surface area contributed by atoms with Crippen LogP contribution in [0, 0.1) is 0 Å². The second-order valence-corrected chi connectivity index (χ2v) is 18.3. The second-order valence-electron chi connectivity index (χ2n) is 17.0. The zero-order valence-corrected chi connectivity index (χ0v) is 45.5. The summed E-state index contributed by atoms with van der Waals surface area (Å²) in [5.41, 5.74) is 0.0457. The van der Waals surface area contributed by atoms with E-state index in [1.807, 2.05) is 11.8 Å². The molecule has 78 heavy (non-hydrogen) atoms. The number of fused-ring (bicyclic) bond motifs is 1. The molecular weight excluding hydrogens is 1050 g/mol. The van der Waals surface area contributed by atoms with Gasteiger partial charge >= 0.3 is 18.0 Å². The maximum absolute atomic E-state index is 12.6. The van der Waals surface area contributed by atoms with Gasteiger partial charge in [0, 0.05) is 55.1 Å². The zero-order chi connectivity index (χ0) is 55.9. The standard InChI is InChI=1S/C50H83N5O22S/c56-44(4-2-1-3-43-48-42(38-78-43)54-50(63)55-48)52-8-10-65-12-14-67-16-18-69-20-22-71-24-26-73-28-30-75-32-31-74-29-27-72-25-23-70-21-19-68-17-15-66-13-11-64-9-5-45(57)51-6-7-53-49(62)39-33-40(76-36-46(58)59)35-41(34-39)77-37-47(60)61/h33-35,42-43,48H,1-32,36-38H2,(H,51,57)(H,52,56)(H,53,62)(H,58,59)(H,60,61)(H2,54,55,63)/t42-,43-,48-/m0/s1. The summed E-state index contributed by atoms with van der Waals surface area (Å²) in [6, 6.07) is 4.21. The molecule has 0 spiro atoms. The molecule has 0 saturated carbocycles. The first-order valence-corrected chi connectivity index (χ1v) is 27.4. The van der Waals surface area contributed by atoms with Crippen molar-refractivity contribution in [2.45, 2.75) is 49.4 Å². The Morgan fingerprint density at radius 2 is 0.859 bits per heavy atom. The first kappa shape index (κ1) is 67.6. The highest BCUT2D eigenvalue weighted by Crippen LogP contribution is 2.33. The molecule has 446 valence electrons. The molecule has 2 fully saturated rings. The fraction of sp³-hybridized carbons (Fsp3) is 0.760. The van der Waals surface area contributed by atoms with Gasteiger partial charge in [0.25, 0.3) is 5.91 Å². The van der Waals surface area contributed by atoms with Gasteiger partial charge in [-0.1, -0.05) is 6.42 Å². The summed E-state index contributed by atoms with van der Waals surface area (Å²) >= 11 is 1.89. The molecule has 7 N–H and O–H groups in total. The van der Waals surface area contributed by atoms with Crippen LogP contribution in [-0.2, 0) is 76.0 Å². The lowest BCUT2D eigenvalue weighted by Crippen LogP contribution is -2.36. The number of aliphatic carboxylic acids is 2. The van der Waals surface area contributed by atoms with E-state index in [-0.39, 0.29) is 73.1 Å². The Kier molecular flexibility index (Phi) is 39.9. The van der Waals surface area contributed by atoms with Crippen LogP contribution >= 0.6 is 11.8 Å². The quantitative estimate of drug-likeness (QED) is 0.0331. The van der Waals surface area contributed by atoms with Gasteiger partial charge in [-0.05, 0) is 25.0 Å². The van der Waals surface area contributed by atoms with E-state index in [9.17, 15) is 28.8 Å². The summed E-state index contributed by atoms with van der Waals surface area (Å²) in [5.74, 6) is -2.34. The molecule has 0 unspecified atom stereocenters. The molecule has 3 rings (SSSR count). The Morgan fingerprint density at radius 3 is 1.29 bits per heavy atom. The number of urea groups is 1. The molecule has 28 heteroatoms. The number of ether oxygens (including phenoxy) is 14. The smallest absolute Gasteiger partial charge is 0.341 e. The van der Waals surface area contributed by atoms with Gasteiger partial charge < -0.3 is 103 Å². The van der Waals surface area contributed by atoms with Crippen molar-refractivity contribution in [2.24, 2.45) is 0 Å². The number of amides is 5. The van der Waals surface area contributed by atoms with Crippen LogP contribution in [-0.4, -0.2) is 260 Å². The lowest BCUT2D eigenvalue weighted by atomic mass is 10.0. The number of carbonyl (C=O) groups is 6. The molecule has 1 aromatic carbocycles. The third kappa shape index (κ3) is 36.5. The first-order chi connectivity index (χ1) is 38.1. The summed E-state index contributed by atoms with van der Waals surface area (Å²) in [7, 11) is 0. The monoisotopic (exact) mass is 1140 g/mol. The van der Waals surface area contributed by atoms with Crippen LogP contribution in [0.4, 0.5) is 4.79 Å². The van der Waals surface area contributed by atoms with Crippen molar-refractivity contribution >= 4 is 47.5 Å². The van der Waals surface area contributed by atoms with Crippen molar-refractivity contribution in [3.63, 3.8) is 0 Å². The normalized spacial score (nSPS) is 15.6. The van der Waals surface area contributed by atoms with Gasteiger partial charge in [-0.3, -0.25) is 14.4 Å². The predicted molar refractivity (Wildman–Crippen MR) is 279 cm³/mol. The highest BCUT2D eigenvalue weighted by Gasteiger charge is 2.42. The van der Waals surface area contributed by atoms with E-state index in [1.54, 1.807) is 0 Å². The number of hydrogen-bond donors (Lipinski definition) is 7. The highest BCUT2D eigenvalue weighted by molar-refractivity contribution is 8.00. The van der Waals surface area contributed by atoms with Crippen molar-refractivity contribution in [1.29, 1.82) is 0 Å². The van der Waals surface area contributed by atoms with Crippen LogP contribution in [0.5, 0.6) is 11.5 Å². The van der Waals surface area contributed by atoms with Crippen molar-refractivity contribution in [1.82, 2.24) is 26.6 Å². The molecule has 27 nitrogen and oxygen atoms in total. The van der Waals surface area contributed by atoms with Gasteiger partial charge in [0.05, 0.1) is 171 Å². The number of benzene rings is 1. The number of carbonyl (C=O) groups excluding carboxylic acids is 4. The molecule has 2 saturated heterocycles. The SMILES string of the molecule is O=C(O)COc1cc(OCC(=O)O)cc(C(=O)NCCNC(=O)CCOCCOCCOCCOCCOCCOCCOCCOCCOCCOCCOCCOCCNC(=O)CCCC[C@@H]2SC[C@@H]3NC(=O)N[C@@H]32)c1. The molecule has 1 aromatic rings. The minimum absolute atomic E-state index is 0.00376. The maximum atomic E-state index is 12.6. The zero-order valence-electron chi connectivity index (χ0n) is 44.7. The Hall–Kier alpha value is -4.69. The maximum Gasteiger partial charge on any atom is 0.341 e. The summed E-state index contributed by atoms with van der Waals surface area (Å²) in [6.45, 7) is 9.36. The summed E-state index contributed by atoms with van der Waals surface area (Å²) < 4.78 is 76.1. The number of hydrogen-bond acceptors (Lipinski definition) is 21. The average Bonchev–Trinajstić information content (AvgIpc) is 3.99. The van der Waals surface area contributed by atoms with Crippen LogP contribution in [0.1, 0.15) is 42.5 Å². The van der Waals surface area contributed by atoms with Gasteiger partial charge in [-0.15, -0.1) is 0 Å². The Bertz CT molecular complexity index is 1760. The number of carboxylic acids is 2. The third-order valence-electron chi connectivity index (χ3n) is 10.8. The number of carboxylic acid groups (broad SMARTS) is 2. The summed E-state index contributed by atoms with van der Waals surface area (Å²) in [6.07, 6.45) is 3.38. The van der Waals surface area contributed by atoms with E-state index < -0.39 is 31.1 Å². The van der Waals surface area contributed by atoms with Crippen molar-refractivity contribution < 1.29 is 105 Å². The Balaban J connectivity index is 0.921. The number of thioether (sulfide) groups is 1. The first-order valence-electron chi connectivity index (χ1n) is 26.4. The summed E-state index contributed by atoms with van der Waals surface area (Å²) in [5, 5.41) is 32.2. The molecule has 0 aliphatic carbocycles. The van der Waals surface area contributed by atoms with Crippen molar-refractivity contribution in [2.75, 3.05) is 197 Å². The number of nitrogens with one attached hydrogen (secondary N) is 5. The summed E-state index contributed by atoms with van der Waals surface area (Å²) in [4.78, 5) is 70.0. The molecule has 2 heterocycles. The molecule has 2 aliphatic rings. The molecule has 0 bridgehead atoms.